The molecular weight excluding hydrogens is 289 g/mol. The van der Waals surface area contributed by atoms with Crippen molar-refractivity contribution >= 4 is 17.3 Å². The van der Waals surface area contributed by atoms with Crippen molar-refractivity contribution in [1.29, 1.82) is 0 Å². The average molecular weight is 296 g/mol. The number of nitro benzene ring substituents is 1. The summed E-state index contributed by atoms with van der Waals surface area (Å²) in [5.41, 5.74) is -1.49. The average Bonchev–Trinajstić information content (AvgIpc) is 2.42. The first-order valence-corrected chi connectivity index (χ1v) is 5.59. The number of nitro groups is 1. The van der Waals surface area contributed by atoms with E-state index in [4.69, 9.17) is 0 Å². The zero-order valence-electron chi connectivity index (χ0n) is 10.3. The Kier molecular flexibility index (Phi) is 3.88. The minimum absolute atomic E-state index is 0.0165. The number of halogens is 3. The van der Waals surface area contributed by atoms with E-state index >= 15 is 0 Å². The molecule has 0 atom stereocenters. The summed E-state index contributed by atoms with van der Waals surface area (Å²) in [6.07, 6.45) is 0. The van der Waals surface area contributed by atoms with Gasteiger partial charge in [-0.15, -0.1) is 0 Å². The van der Waals surface area contributed by atoms with E-state index in [0.29, 0.717) is 12.1 Å². The molecule has 2 aromatic rings. The molecule has 0 aliphatic rings. The van der Waals surface area contributed by atoms with Crippen LogP contribution in [0.5, 0.6) is 0 Å². The van der Waals surface area contributed by atoms with Crippen LogP contribution in [0.25, 0.3) is 0 Å². The van der Waals surface area contributed by atoms with Crippen LogP contribution >= 0.6 is 0 Å². The van der Waals surface area contributed by atoms with Crippen LogP contribution in [0.4, 0.5) is 24.5 Å². The molecule has 0 bridgehead atoms. The Morgan fingerprint density at radius 3 is 2.24 bits per heavy atom. The topological polar surface area (TPSA) is 72.2 Å². The molecule has 5 nitrogen and oxygen atoms in total. The van der Waals surface area contributed by atoms with Gasteiger partial charge in [0.15, 0.2) is 0 Å². The summed E-state index contributed by atoms with van der Waals surface area (Å²) < 4.78 is 39.4. The van der Waals surface area contributed by atoms with E-state index in [1.54, 1.807) is 0 Å². The van der Waals surface area contributed by atoms with Crippen LogP contribution in [-0.2, 0) is 0 Å². The quantitative estimate of drug-likeness (QED) is 0.698. The van der Waals surface area contributed by atoms with Gasteiger partial charge >= 0.3 is 5.69 Å². The number of rotatable bonds is 3. The Bertz CT molecular complexity index is 717. The van der Waals surface area contributed by atoms with Crippen molar-refractivity contribution in [3.8, 4) is 0 Å². The van der Waals surface area contributed by atoms with Crippen molar-refractivity contribution < 1.29 is 22.9 Å². The molecule has 2 rings (SSSR count). The van der Waals surface area contributed by atoms with Gasteiger partial charge in [0.05, 0.1) is 10.6 Å². The predicted octanol–water partition coefficient (Wildman–Crippen LogP) is 3.26. The van der Waals surface area contributed by atoms with Crippen molar-refractivity contribution in [2.75, 3.05) is 5.32 Å². The van der Waals surface area contributed by atoms with Gasteiger partial charge in [-0.1, -0.05) is 0 Å². The minimum Gasteiger partial charge on any atom is -0.319 e. The molecule has 0 unspecified atom stereocenters. The van der Waals surface area contributed by atoms with Crippen LogP contribution in [0.2, 0.25) is 0 Å². The number of anilines is 1. The zero-order chi connectivity index (χ0) is 15.6. The maximum absolute atomic E-state index is 13.5. The molecule has 0 aliphatic carbocycles. The molecular formula is C13H7F3N2O3. The van der Waals surface area contributed by atoms with Crippen molar-refractivity contribution in [1.82, 2.24) is 0 Å². The molecule has 0 saturated carbocycles. The van der Waals surface area contributed by atoms with Crippen molar-refractivity contribution in [3.05, 3.63) is 69.5 Å². The third-order valence-corrected chi connectivity index (χ3v) is 2.59. The third kappa shape index (κ3) is 3.16. The molecule has 0 heterocycles. The Labute approximate surface area is 116 Å². The highest BCUT2D eigenvalue weighted by molar-refractivity contribution is 6.04. The van der Waals surface area contributed by atoms with Crippen molar-refractivity contribution in [2.45, 2.75) is 0 Å². The summed E-state index contributed by atoms with van der Waals surface area (Å²) in [4.78, 5) is 21.3. The lowest BCUT2D eigenvalue weighted by Crippen LogP contribution is -2.13. The van der Waals surface area contributed by atoms with Crippen LogP contribution in [0.3, 0.4) is 0 Å². The normalized spacial score (nSPS) is 10.2. The first kappa shape index (κ1) is 14.5. The maximum atomic E-state index is 13.5. The fourth-order valence-electron chi connectivity index (χ4n) is 1.57. The molecule has 0 aromatic heterocycles. The lowest BCUT2D eigenvalue weighted by molar-refractivity contribution is -0.387. The lowest BCUT2D eigenvalue weighted by Gasteiger charge is -2.07. The number of amides is 1. The van der Waals surface area contributed by atoms with Crippen LogP contribution < -0.4 is 5.32 Å². The van der Waals surface area contributed by atoms with Gasteiger partial charge in [0.2, 0.25) is 5.82 Å². The van der Waals surface area contributed by atoms with Gasteiger partial charge in [-0.05, 0) is 24.3 Å². The summed E-state index contributed by atoms with van der Waals surface area (Å²) in [6, 6.07) is 5.24. The number of benzene rings is 2. The third-order valence-electron chi connectivity index (χ3n) is 2.59. The van der Waals surface area contributed by atoms with Gasteiger partial charge in [-0.25, -0.2) is 8.78 Å². The van der Waals surface area contributed by atoms with E-state index in [1.165, 1.54) is 0 Å². The standard InChI is InChI=1S/C13H7F3N2O3/c14-8-3-1-7(2-4-8)13(19)17-11-6-12(18(20)21)10(16)5-9(11)15/h1-6H,(H,17,19). The van der Waals surface area contributed by atoms with Gasteiger partial charge < -0.3 is 5.32 Å². The Hall–Kier alpha value is -2.90. The molecule has 0 aliphatic heterocycles. The molecule has 1 amide bonds. The molecule has 21 heavy (non-hydrogen) atoms. The Morgan fingerprint density at radius 1 is 1.05 bits per heavy atom. The number of carbonyl (C=O) groups is 1. The lowest BCUT2D eigenvalue weighted by atomic mass is 10.2. The molecule has 0 spiro atoms. The van der Waals surface area contributed by atoms with E-state index in [1.807, 2.05) is 0 Å². The second-order valence-electron chi connectivity index (χ2n) is 4.00. The SMILES string of the molecule is O=C(Nc1cc([N+](=O)[O-])c(F)cc1F)c1ccc(F)cc1. The van der Waals surface area contributed by atoms with Gasteiger partial charge in [0, 0.05) is 17.7 Å². The van der Waals surface area contributed by atoms with Gasteiger partial charge in [0.25, 0.3) is 5.91 Å². The molecule has 0 radical (unpaired) electrons. The maximum Gasteiger partial charge on any atom is 0.307 e. The fraction of sp³-hybridized carbons (Fsp3) is 0. The number of hydrogen-bond donors (Lipinski definition) is 1. The Balaban J connectivity index is 2.30. The fourth-order valence-corrected chi connectivity index (χ4v) is 1.57. The van der Waals surface area contributed by atoms with E-state index in [-0.39, 0.29) is 5.56 Å². The van der Waals surface area contributed by atoms with Gasteiger partial charge in [-0.2, -0.15) is 4.39 Å². The first-order valence-electron chi connectivity index (χ1n) is 5.59. The van der Waals surface area contributed by atoms with Crippen molar-refractivity contribution in [2.24, 2.45) is 0 Å². The highest BCUT2D eigenvalue weighted by Crippen LogP contribution is 2.25. The van der Waals surface area contributed by atoms with Crippen LogP contribution in [0.1, 0.15) is 10.4 Å². The monoisotopic (exact) mass is 296 g/mol. The van der Waals surface area contributed by atoms with Crippen molar-refractivity contribution in [3.63, 3.8) is 0 Å². The van der Waals surface area contributed by atoms with Gasteiger partial charge in [-0.3, -0.25) is 14.9 Å². The van der Waals surface area contributed by atoms with E-state index < -0.39 is 39.7 Å². The smallest absolute Gasteiger partial charge is 0.307 e. The Morgan fingerprint density at radius 2 is 1.67 bits per heavy atom. The molecule has 108 valence electrons. The number of hydrogen-bond acceptors (Lipinski definition) is 3. The highest BCUT2D eigenvalue weighted by Gasteiger charge is 2.20. The molecule has 0 saturated heterocycles. The highest BCUT2D eigenvalue weighted by atomic mass is 19.1. The second kappa shape index (κ2) is 5.61. The molecule has 8 heteroatoms. The van der Waals surface area contributed by atoms with Crippen LogP contribution in [0, 0.1) is 27.6 Å². The summed E-state index contributed by atoms with van der Waals surface area (Å²) in [5.74, 6) is -3.88. The summed E-state index contributed by atoms with van der Waals surface area (Å²) in [5, 5.41) is 12.6. The summed E-state index contributed by atoms with van der Waals surface area (Å²) >= 11 is 0. The van der Waals surface area contributed by atoms with Crippen LogP contribution in [-0.4, -0.2) is 10.8 Å². The molecule has 2 aromatic carbocycles. The molecule has 0 fully saturated rings. The van der Waals surface area contributed by atoms with E-state index in [2.05, 4.69) is 5.32 Å². The summed E-state index contributed by atoms with van der Waals surface area (Å²) in [7, 11) is 0. The zero-order valence-corrected chi connectivity index (χ0v) is 10.3. The largest absolute Gasteiger partial charge is 0.319 e. The summed E-state index contributed by atoms with van der Waals surface area (Å²) in [6.45, 7) is 0. The second-order valence-corrected chi connectivity index (χ2v) is 4.00. The van der Waals surface area contributed by atoms with Crippen LogP contribution in [0.15, 0.2) is 36.4 Å². The number of nitrogens with zero attached hydrogens (tertiary/aromatic N) is 1. The number of nitrogens with one attached hydrogen (secondary N) is 1. The minimum atomic E-state index is -1.35. The number of carbonyl (C=O) groups excluding carboxylic acids is 1. The van der Waals surface area contributed by atoms with E-state index in [0.717, 1.165) is 24.3 Å². The molecule has 1 N–H and O–H groups in total. The van der Waals surface area contributed by atoms with Gasteiger partial charge in [0.1, 0.15) is 11.6 Å². The predicted molar refractivity (Wildman–Crippen MR) is 67.4 cm³/mol. The van der Waals surface area contributed by atoms with E-state index in [9.17, 15) is 28.1 Å². The first-order chi connectivity index (χ1) is 9.88.